The van der Waals surface area contributed by atoms with E-state index in [0.29, 0.717) is 0 Å². The summed E-state index contributed by atoms with van der Waals surface area (Å²) in [5, 5.41) is 8.89. The van der Waals surface area contributed by atoms with Crippen molar-refractivity contribution >= 4 is 26.0 Å². The van der Waals surface area contributed by atoms with Gasteiger partial charge in [0.2, 0.25) is 20.0 Å². The number of carboxylic acids is 1. The summed E-state index contributed by atoms with van der Waals surface area (Å²) >= 11 is 0. The third kappa shape index (κ3) is 4.32. The quantitative estimate of drug-likeness (QED) is 0.686. The van der Waals surface area contributed by atoms with E-state index in [2.05, 4.69) is 4.72 Å². The topological polar surface area (TPSA) is 121 Å². The molecule has 0 aliphatic heterocycles. The maximum Gasteiger partial charge on any atom is 0.318 e. The Bertz CT molecular complexity index is 811. The second-order valence-corrected chi connectivity index (χ2v) is 9.51. The second-order valence-electron chi connectivity index (χ2n) is 5.90. The minimum absolute atomic E-state index is 0.0253. The fourth-order valence-corrected chi connectivity index (χ4v) is 4.98. The fraction of sp³-hybridized carbons (Fsp3) is 0.500. The molecule has 0 heterocycles. The van der Waals surface area contributed by atoms with Gasteiger partial charge in [-0.2, -0.15) is 4.31 Å². The van der Waals surface area contributed by atoms with Crippen molar-refractivity contribution in [3.63, 3.8) is 0 Å². The molecule has 0 atom stereocenters. The summed E-state index contributed by atoms with van der Waals surface area (Å²) in [6, 6.07) is 4.16. The molecule has 0 bridgehead atoms. The van der Waals surface area contributed by atoms with Crippen LogP contribution in [0.5, 0.6) is 0 Å². The lowest BCUT2D eigenvalue weighted by Crippen LogP contribution is -2.40. The minimum atomic E-state index is -4.03. The number of hydrogen-bond donors (Lipinski definition) is 2. The standard InChI is InChI=1S/C14H20N2O6S2/c1-10(2)16(9-14(17)18)24(21,22)13-7-5-12(6-8-13)23(19,20)15-11-3-4-11/h5-8,10-11,15H,3-4,9H2,1-2H3,(H,17,18). The summed E-state index contributed by atoms with van der Waals surface area (Å²) in [6.45, 7) is 2.47. The molecule has 0 amide bonds. The van der Waals surface area contributed by atoms with Crippen molar-refractivity contribution in [2.75, 3.05) is 6.54 Å². The Hall–Kier alpha value is -1.49. The first-order chi connectivity index (χ1) is 11.0. The molecule has 10 heteroatoms. The van der Waals surface area contributed by atoms with E-state index in [1.165, 1.54) is 24.3 Å². The highest BCUT2D eigenvalue weighted by Gasteiger charge is 2.30. The lowest BCUT2D eigenvalue weighted by atomic mass is 10.4. The number of carbonyl (C=O) groups is 1. The molecule has 1 aromatic rings. The Morgan fingerprint density at radius 1 is 1.17 bits per heavy atom. The van der Waals surface area contributed by atoms with Gasteiger partial charge in [0.25, 0.3) is 0 Å². The zero-order chi connectivity index (χ0) is 18.1. The maximum atomic E-state index is 12.6. The molecule has 1 saturated carbocycles. The van der Waals surface area contributed by atoms with Crippen molar-refractivity contribution < 1.29 is 26.7 Å². The normalized spacial score (nSPS) is 15.8. The van der Waals surface area contributed by atoms with E-state index >= 15 is 0 Å². The summed E-state index contributed by atoms with van der Waals surface area (Å²) in [6.07, 6.45) is 1.59. The zero-order valence-corrected chi connectivity index (χ0v) is 15.0. The molecular weight excluding hydrogens is 356 g/mol. The zero-order valence-electron chi connectivity index (χ0n) is 13.3. The lowest BCUT2D eigenvalue weighted by molar-refractivity contribution is -0.137. The molecule has 2 rings (SSSR count). The van der Waals surface area contributed by atoms with Gasteiger partial charge >= 0.3 is 5.97 Å². The number of aliphatic carboxylic acids is 1. The van der Waals surface area contributed by atoms with Gasteiger partial charge in [0.15, 0.2) is 0 Å². The van der Waals surface area contributed by atoms with Gasteiger partial charge in [0.05, 0.1) is 9.79 Å². The molecule has 0 aromatic heterocycles. The van der Waals surface area contributed by atoms with Crippen molar-refractivity contribution in [1.82, 2.24) is 9.03 Å². The summed E-state index contributed by atoms with van der Waals surface area (Å²) in [4.78, 5) is 10.7. The average molecular weight is 376 g/mol. The van der Waals surface area contributed by atoms with Crippen LogP contribution in [0.25, 0.3) is 0 Å². The van der Waals surface area contributed by atoms with Crippen molar-refractivity contribution in [2.24, 2.45) is 0 Å². The van der Waals surface area contributed by atoms with Gasteiger partial charge in [-0.15, -0.1) is 0 Å². The van der Waals surface area contributed by atoms with Gasteiger partial charge < -0.3 is 5.11 Å². The van der Waals surface area contributed by atoms with Crippen LogP contribution in [0.15, 0.2) is 34.1 Å². The SMILES string of the molecule is CC(C)N(CC(=O)O)S(=O)(=O)c1ccc(S(=O)(=O)NC2CC2)cc1. The highest BCUT2D eigenvalue weighted by atomic mass is 32.2. The predicted molar refractivity (Wildman–Crippen MR) is 86.4 cm³/mol. The molecule has 134 valence electrons. The average Bonchev–Trinajstić information content (AvgIpc) is 3.27. The van der Waals surface area contributed by atoms with E-state index in [-0.39, 0.29) is 15.8 Å². The van der Waals surface area contributed by atoms with Gasteiger partial charge in [-0.05, 0) is 51.0 Å². The number of benzene rings is 1. The van der Waals surface area contributed by atoms with Crippen molar-refractivity contribution in [3.8, 4) is 0 Å². The second kappa shape index (κ2) is 6.79. The summed E-state index contributed by atoms with van der Waals surface area (Å²) in [7, 11) is -7.70. The fourth-order valence-electron chi connectivity index (χ4n) is 2.09. The molecule has 2 N–H and O–H groups in total. The summed E-state index contributed by atoms with van der Waals surface area (Å²) < 4.78 is 52.6. The highest BCUT2D eigenvalue weighted by molar-refractivity contribution is 7.89. The third-order valence-corrected chi connectivity index (χ3v) is 7.08. The molecule has 0 saturated heterocycles. The largest absolute Gasteiger partial charge is 0.480 e. The van der Waals surface area contributed by atoms with Crippen LogP contribution < -0.4 is 4.72 Å². The van der Waals surface area contributed by atoms with Crippen LogP contribution in [0.4, 0.5) is 0 Å². The Balaban J connectivity index is 2.29. The summed E-state index contributed by atoms with van der Waals surface area (Å²) in [5.41, 5.74) is 0. The van der Waals surface area contributed by atoms with Crippen LogP contribution in [-0.2, 0) is 24.8 Å². The first-order valence-corrected chi connectivity index (χ1v) is 10.3. The lowest BCUT2D eigenvalue weighted by Gasteiger charge is -2.24. The molecule has 1 aliphatic rings. The van der Waals surface area contributed by atoms with Crippen LogP contribution >= 0.6 is 0 Å². The molecule has 0 unspecified atom stereocenters. The van der Waals surface area contributed by atoms with Crippen molar-refractivity contribution in [3.05, 3.63) is 24.3 Å². The maximum absolute atomic E-state index is 12.6. The van der Waals surface area contributed by atoms with E-state index in [1.807, 2.05) is 0 Å². The van der Waals surface area contributed by atoms with Gasteiger partial charge in [0, 0.05) is 12.1 Å². The van der Waals surface area contributed by atoms with Gasteiger partial charge in [0.1, 0.15) is 6.54 Å². The van der Waals surface area contributed by atoms with Gasteiger partial charge in [-0.25, -0.2) is 21.6 Å². The number of rotatable bonds is 8. The molecule has 24 heavy (non-hydrogen) atoms. The molecule has 1 fully saturated rings. The summed E-state index contributed by atoms with van der Waals surface area (Å²) in [5.74, 6) is -1.26. The number of hydrogen-bond acceptors (Lipinski definition) is 5. The van der Waals surface area contributed by atoms with E-state index in [1.54, 1.807) is 13.8 Å². The Morgan fingerprint density at radius 3 is 2.08 bits per heavy atom. The monoisotopic (exact) mass is 376 g/mol. The Morgan fingerprint density at radius 2 is 1.67 bits per heavy atom. The van der Waals surface area contributed by atoms with Crippen LogP contribution in [-0.4, -0.2) is 50.8 Å². The van der Waals surface area contributed by atoms with Crippen LogP contribution in [0, 0.1) is 0 Å². The van der Waals surface area contributed by atoms with Crippen LogP contribution in [0.3, 0.4) is 0 Å². The van der Waals surface area contributed by atoms with Gasteiger partial charge in [-0.1, -0.05) is 0 Å². The van der Waals surface area contributed by atoms with E-state index in [9.17, 15) is 21.6 Å². The molecule has 0 spiro atoms. The van der Waals surface area contributed by atoms with Crippen LogP contribution in [0.1, 0.15) is 26.7 Å². The minimum Gasteiger partial charge on any atom is -0.480 e. The van der Waals surface area contributed by atoms with Gasteiger partial charge in [-0.3, -0.25) is 4.79 Å². The predicted octanol–water partition coefficient (Wildman–Crippen LogP) is 0.611. The van der Waals surface area contributed by atoms with E-state index in [0.717, 1.165) is 17.1 Å². The number of nitrogens with zero attached hydrogens (tertiary/aromatic N) is 1. The number of nitrogens with one attached hydrogen (secondary N) is 1. The van der Waals surface area contributed by atoms with E-state index in [4.69, 9.17) is 5.11 Å². The van der Waals surface area contributed by atoms with Crippen LogP contribution in [0.2, 0.25) is 0 Å². The molecule has 8 nitrogen and oxygen atoms in total. The Kier molecular flexibility index (Phi) is 5.33. The smallest absolute Gasteiger partial charge is 0.318 e. The molecule has 0 radical (unpaired) electrons. The number of sulfonamides is 2. The molecular formula is C14H20N2O6S2. The Labute approximate surface area is 141 Å². The third-order valence-electron chi connectivity index (χ3n) is 3.51. The molecule has 1 aromatic carbocycles. The first-order valence-electron chi connectivity index (χ1n) is 7.40. The van der Waals surface area contributed by atoms with Crippen molar-refractivity contribution in [2.45, 2.75) is 48.6 Å². The molecule has 1 aliphatic carbocycles. The van der Waals surface area contributed by atoms with Crippen molar-refractivity contribution in [1.29, 1.82) is 0 Å². The van der Waals surface area contributed by atoms with E-state index < -0.39 is 38.6 Å². The highest BCUT2D eigenvalue weighted by Crippen LogP contribution is 2.24. The first kappa shape index (κ1) is 18.8. The number of carboxylic acid groups (broad SMARTS) is 1.